The highest BCUT2D eigenvalue weighted by Gasteiger charge is 2.26. The molecule has 82 valence electrons. The van der Waals surface area contributed by atoms with E-state index in [0.717, 1.165) is 25.3 Å². The standard InChI is InChI=1S/C12H17FN2/c1-12(2)7-4-8-15(9-12)11-6-3-5-10(13)14-11/h3,5-6H,4,7-9H2,1-2H3. The van der Waals surface area contributed by atoms with Crippen LogP contribution in [0.4, 0.5) is 10.2 Å². The molecule has 0 atom stereocenters. The number of pyridine rings is 1. The molecule has 0 radical (unpaired) electrons. The molecule has 0 aromatic carbocycles. The van der Waals surface area contributed by atoms with Crippen molar-refractivity contribution >= 4 is 5.82 Å². The number of hydrogen-bond donors (Lipinski definition) is 0. The number of aromatic nitrogens is 1. The van der Waals surface area contributed by atoms with Crippen molar-refractivity contribution in [1.29, 1.82) is 0 Å². The quantitative estimate of drug-likeness (QED) is 0.660. The summed E-state index contributed by atoms with van der Waals surface area (Å²) in [7, 11) is 0. The van der Waals surface area contributed by atoms with Crippen molar-refractivity contribution in [2.24, 2.45) is 5.41 Å². The average molecular weight is 208 g/mol. The number of rotatable bonds is 1. The highest BCUT2D eigenvalue weighted by atomic mass is 19.1. The van der Waals surface area contributed by atoms with Gasteiger partial charge in [0.15, 0.2) is 0 Å². The van der Waals surface area contributed by atoms with Crippen LogP contribution in [0.1, 0.15) is 26.7 Å². The SMILES string of the molecule is CC1(C)CCCN(c2cccc(F)n2)C1. The summed E-state index contributed by atoms with van der Waals surface area (Å²) in [6.07, 6.45) is 2.39. The van der Waals surface area contributed by atoms with Gasteiger partial charge >= 0.3 is 0 Å². The van der Waals surface area contributed by atoms with Crippen LogP contribution in [0, 0.1) is 11.4 Å². The lowest BCUT2D eigenvalue weighted by Gasteiger charge is -2.38. The first-order valence-electron chi connectivity index (χ1n) is 5.44. The van der Waals surface area contributed by atoms with Gasteiger partial charge in [0.2, 0.25) is 5.95 Å². The molecule has 0 bridgehead atoms. The molecular formula is C12H17FN2. The van der Waals surface area contributed by atoms with Gasteiger partial charge in [0.05, 0.1) is 0 Å². The van der Waals surface area contributed by atoms with E-state index in [0.29, 0.717) is 5.41 Å². The molecule has 1 aromatic heterocycles. The van der Waals surface area contributed by atoms with Crippen molar-refractivity contribution in [2.75, 3.05) is 18.0 Å². The maximum Gasteiger partial charge on any atom is 0.214 e. The average Bonchev–Trinajstić information content (AvgIpc) is 2.16. The van der Waals surface area contributed by atoms with E-state index in [4.69, 9.17) is 0 Å². The first kappa shape index (κ1) is 10.4. The minimum atomic E-state index is -0.393. The van der Waals surface area contributed by atoms with Crippen LogP contribution in [-0.4, -0.2) is 18.1 Å². The molecule has 2 nitrogen and oxygen atoms in total. The van der Waals surface area contributed by atoms with E-state index in [1.54, 1.807) is 6.07 Å². The van der Waals surface area contributed by atoms with Crippen LogP contribution in [-0.2, 0) is 0 Å². The van der Waals surface area contributed by atoms with Crippen molar-refractivity contribution in [3.63, 3.8) is 0 Å². The zero-order valence-corrected chi connectivity index (χ0v) is 9.33. The van der Waals surface area contributed by atoms with Crippen LogP contribution in [0.15, 0.2) is 18.2 Å². The Balaban J connectivity index is 2.17. The smallest absolute Gasteiger partial charge is 0.214 e. The van der Waals surface area contributed by atoms with Crippen LogP contribution in [0.3, 0.4) is 0 Å². The van der Waals surface area contributed by atoms with Gasteiger partial charge in [-0.3, -0.25) is 0 Å². The monoisotopic (exact) mass is 208 g/mol. The van der Waals surface area contributed by atoms with Crippen LogP contribution in [0.5, 0.6) is 0 Å². The van der Waals surface area contributed by atoms with Crippen LogP contribution >= 0.6 is 0 Å². The van der Waals surface area contributed by atoms with Crippen LogP contribution < -0.4 is 4.90 Å². The summed E-state index contributed by atoms with van der Waals surface area (Å²) in [5.74, 6) is 0.374. The topological polar surface area (TPSA) is 16.1 Å². The van der Waals surface area contributed by atoms with Crippen molar-refractivity contribution in [2.45, 2.75) is 26.7 Å². The first-order chi connectivity index (χ1) is 7.07. The highest BCUT2D eigenvalue weighted by molar-refractivity contribution is 5.38. The molecule has 0 aliphatic carbocycles. The summed E-state index contributed by atoms with van der Waals surface area (Å²) in [6.45, 7) is 6.44. The summed E-state index contributed by atoms with van der Waals surface area (Å²) in [5, 5.41) is 0. The minimum Gasteiger partial charge on any atom is -0.356 e. The van der Waals surface area contributed by atoms with E-state index < -0.39 is 5.95 Å². The Kier molecular flexibility index (Phi) is 2.63. The Hall–Kier alpha value is -1.12. The van der Waals surface area contributed by atoms with Gasteiger partial charge in [0.25, 0.3) is 0 Å². The van der Waals surface area contributed by atoms with Gasteiger partial charge in [-0.2, -0.15) is 4.39 Å². The predicted molar refractivity (Wildman–Crippen MR) is 59.4 cm³/mol. The van der Waals surface area contributed by atoms with Gasteiger partial charge in [0, 0.05) is 13.1 Å². The number of anilines is 1. The minimum absolute atomic E-state index is 0.312. The summed E-state index contributed by atoms with van der Waals surface area (Å²) in [5.41, 5.74) is 0.312. The molecule has 15 heavy (non-hydrogen) atoms. The molecule has 0 saturated carbocycles. The predicted octanol–water partition coefficient (Wildman–Crippen LogP) is 2.85. The third kappa shape index (κ3) is 2.46. The van der Waals surface area contributed by atoms with Crippen molar-refractivity contribution in [3.8, 4) is 0 Å². The summed E-state index contributed by atoms with van der Waals surface area (Å²) in [6, 6.07) is 4.99. The Bertz CT molecular complexity index is 349. The van der Waals surface area contributed by atoms with Gasteiger partial charge in [-0.25, -0.2) is 4.98 Å². The van der Waals surface area contributed by atoms with Crippen LogP contribution in [0.2, 0.25) is 0 Å². The molecule has 0 N–H and O–H groups in total. The zero-order valence-electron chi connectivity index (χ0n) is 9.33. The second-order valence-corrected chi connectivity index (χ2v) is 5.01. The van der Waals surface area contributed by atoms with E-state index in [9.17, 15) is 4.39 Å². The highest BCUT2D eigenvalue weighted by Crippen LogP contribution is 2.30. The van der Waals surface area contributed by atoms with Crippen molar-refractivity contribution in [1.82, 2.24) is 4.98 Å². The van der Waals surface area contributed by atoms with E-state index in [1.807, 2.05) is 6.07 Å². The van der Waals surface area contributed by atoms with E-state index in [1.165, 1.54) is 12.5 Å². The lowest BCUT2D eigenvalue weighted by atomic mass is 9.84. The van der Waals surface area contributed by atoms with Crippen molar-refractivity contribution in [3.05, 3.63) is 24.1 Å². The maximum atomic E-state index is 13.0. The van der Waals surface area contributed by atoms with Gasteiger partial charge < -0.3 is 4.90 Å². The third-order valence-corrected chi connectivity index (χ3v) is 2.92. The molecule has 2 heterocycles. The van der Waals surface area contributed by atoms with Crippen molar-refractivity contribution < 1.29 is 4.39 Å². The molecule has 1 fully saturated rings. The maximum absolute atomic E-state index is 13.0. The molecule has 0 spiro atoms. The Labute approximate surface area is 90.1 Å². The van der Waals surface area contributed by atoms with E-state index in [-0.39, 0.29) is 0 Å². The van der Waals surface area contributed by atoms with Crippen LogP contribution in [0.25, 0.3) is 0 Å². The Morgan fingerprint density at radius 2 is 2.20 bits per heavy atom. The lowest BCUT2D eigenvalue weighted by molar-refractivity contribution is 0.291. The fourth-order valence-corrected chi connectivity index (χ4v) is 2.19. The molecule has 0 amide bonds. The molecule has 1 aliphatic rings. The van der Waals surface area contributed by atoms with Gasteiger partial charge in [0.1, 0.15) is 5.82 Å². The summed E-state index contributed by atoms with van der Waals surface area (Å²) < 4.78 is 13.0. The zero-order chi connectivity index (χ0) is 10.9. The normalized spacial score (nSPS) is 20.3. The third-order valence-electron chi connectivity index (χ3n) is 2.92. The first-order valence-corrected chi connectivity index (χ1v) is 5.44. The molecular weight excluding hydrogens is 191 g/mol. The second-order valence-electron chi connectivity index (χ2n) is 5.01. The van der Waals surface area contributed by atoms with Gasteiger partial charge in [-0.15, -0.1) is 0 Å². The largest absolute Gasteiger partial charge is 0.356 e. The molecule has 1 aromatic rings. The van der Waals surface area contributed by atoms with E-state index in [2.05, 4.69) is 23.7 Å². The Morgan fingerprint density at radius 1 is 1.40 bits per heavy atom. The fourth-order valence-electron chi connectivity index (χ4n) is 2.19. The fraction of sp³-hybridized carbons (Fsp3) is 0.583. The molecule has 2 rings (SSSR count). The number of halogens is 1. The molecule has 0 unspecified atom stereocenters. The molecule has 3 heteroatoms. The van der Waals surface area contributed by atoms with E-state index >= 15 is 0 Å². The Morgan fingerprint density at radius 3 is 2.87 bits per heavy atom. The van der Waals surface area contributed by atoms with Gasteiger partial charge in [-0.05, 0) is 30.4 Å². The second kappa shape index (κ2) is 3.80. The van der Waals surface area contributed by atoms with Gasteiger partial charge in [-0.1, -0.05) is 19.9 Å². The molecule has 1 aliphatic heterocycles. The lowest BCUT2D eigenvalue weighted by Crippen LogP contribution is -2.40. The number of nitrogens with zero attached hydrogens (tertiary/aromatic N) is 2. The molecule has 1 saturated heterocycles. The number of piperidine rings is 1. The number of hydrogen-bond acceptors (Lipinski definition) is 2. The summed E-state index contributed by atoms with van der Waals surface area (Å²) >= 11 is 0. The summed E-state index contributed by atoms with van der Waals surface area (Å²) in [4.78, 5) is 6.09.